The molecule has 0 spiro atoms. The SMILES string of the molecule is Cc1ncoc1C(=O)N1CCCC(CC2CC2)(C(N)=O)C1. The number of piperidine rings is 1. The number of primary amides is 1. The van der Waals surface area contributed by atoms with Gasteiger partial charge in [0.05, 0.1) is 11.1 Å². The van der Waals surface area contributed by atoms with E-state index in [4.69, 9.17) is 10.2 Å². The van der Waals surface area contributed by atoms with Gasteiger partial charge in [0.2, 0.25) is 11.7 Å². The van der Waals surface area contributed by atoms with Crippen molar-refractivity contribution in [2.75, 3.05) is 13.1 Å². The fourth-order valence-electron chi connectivity index (χ4n) is 3.30. The summed E-state index contributed by atoms with van der Waals surface area (Å²) in [4.78, 5) is 30.2. The van der Waals surface area contributed by atoms with Gasteiger partial charge < -0.3 is 15.1 Å². The van der Waals surface area contributed by atoms with Crippen LogP contribution in [0.4, 0.5) is 0 Å². The number of hydrogen-bond donors (Lipinski definition) is 1. The summed E-state index contributed by atoms with van der Waals surface area (Å²) in [7, 11) is 0. The molecule has 2 aliphatic rings. The minimum atomic E-state index is -0.566. The van der Waals surface area contributed by atoms with Crippen LogP contribution in [-0.2, 0) is 4.79 Å². The van der Waals surface area contributed by atoms with E-state index in [1.54, 1.807) is 11.8 Å². The third-order valence-electron chi connectivity index (χ3n) is 4.70. The molecule has 6 nitrogen and oxygen atoms in total. The highest BCUT2D eigenvalue weighted by molar-refractivity contribution is 5.93. The maximum absolute atomic E-state index is 12.5. The van der Waals surface area contributed by atoms with Crippen molar-refractivity contribution in [1.82, 2.24) is 9.88 Å². The van der Waals surface area contributed by atoms with E-state index in [-0.39, 0.29) is 17.6 Å². The van der Waals surface area contributed by atoms with E-state index in [2.05, 4.69) is 4.98 Å². The number of nitrogens with two attached hydrogens (primary N) is 1. The Balaban J connectivity index is 1.79. The van der Waals surface area contributed by atoms with E-state index in [9.17, 15) is 9.59 Å². The predicted molar refractivity (Wildman–Crippen MR) is 75.3 cm³/mol. The molecule has 1 aromatic heterocycles. The molecule has 1 aliphatic heterocycles. The second-order valence-electron chi connectivity index (χ2n) is 6.39. The first-order chi connectivity index (χ1) is 10.0. The monoisotopic (exact) mass is 291 g/mol. The third-order valence-corrected chi connectivity index (χ3v) is 4.70. The van der Waals surface area contributed by atoms with Gasteiger partial charge in [0.1, 0.15) is 0 Å². The van der Waals surface area contributed by atoms with Gasteiger partial charge in [0, 0.05) is 13.1 Å². The molecule has 1 saturated carbocycles. The Bertz CT molecular complexity index is 564. The first-order valence-corrected chi connectivity index (χ1v) is 7.51. The Morgan fingerprint density at radius 3 is 2.86 bits per heavy atom. The van der Waals surface area contributed by atoms with Crippen LogP contribution in [0.2, 0.25) is 0 Å². The van der Waals surface area contributed by atoms with Gasteiger partial charge in [-0.2, -0.15) is 0 Å². The lowest BCUT2D eigenvalue weighted by molar-refractivity contribution is -0.131. The number of hydrogen-bond acceptors (Lipinski definition) is 4. The molecule has 1 atom stereocenters. The van der Waals surface area contributed by atoms with E-state index in [0.29, 0.717) is 24.7 Å². The minimum absolute atomic E-state index is 0.189. The summed E-state index contributed by atoms with van der Waals surface area (Å²) in [5, 5.41) is 0. The zero-order chi connectivity index (χ0) is 15.0. The molecule has 1 unspecified atom stereocenters. The van der Waals surface area contributed by atoms with Crippen molar-refractivity contribution in [3.05, 3.63) is 17.8 Å². The first-order valence-electron chi connectivity index (χ1n) is 7.51. The maximum Gasteiger partial charge on any atom is 0.291 e. The number of carbonyl (C=O) groups excluding carboxylic acids is 2. The van der Waals surface area contributed by atoms with Crippen LogP contribution in [-0.4, -0.2) is 34.8 Å². The highest BCUT2D eigenvalue weighted by Crippen LogP contribution is 2.44. The third kappa shape index (κ3) is 2.66. The molecule has 3 rings (SSSR count). The van der Waals surface area contributed by atoms with Crippen LogP contribution in [0, 0.1) is 18.3 Å². The number of amides is 2. The summed E-state index contributed by atoms with van der Waals surface area (Å²) < 4.78 is 5.18. The molecule has 21 heavy (non-hydrogen) atoms. The number of carbonyl (C=O) groups is 2. The smallest absolute Gasteiger partial charge is 0.291 e. The summed E-state index contributed by atoms with van der Waals surface area (Å²) in [5.74, 6) is 0.397. The molecule has 2 heterocycles. The summed E-state index contributed by atoms with van der Waals surface area (Å²) in [6, 6.07) is 0. The van der Waals surface area contributed by atoms with Crippen LogP contribution < -0.4 is 5.73 Å². The van der Waals surface area contributed by atoms with Crippen LogP contribution in [0.25, 0.3) is 0 Å². The first kappa shape index (κ1) is 14.1. The minimum Gasteiger partial charge on any atom is -0.438 e. The molecule has 1 aromatic rings. The van der Waals surface area contributed by atoms with E-state index < -0.39 is 5.41 Å². The Hall–Kier alpha value is -1.85. The molecule has 2 fully saturated rings. The molecule has 0 radical (unpaired) electrons. The van der Waals surface area contributed by atoms with Crippen molar-refractivity contribution in [1.29, 1.82) is 0 Å². The molecule has 1 aliphatic carbocycles. The Morgan fingerprint density at radius 1 is 1.52 bits per heavy atom. The lowest BCUT2D eigenvalue weighted by Gasteiger charge is -2.40. The van der Waals surface area contributed by atoms with Crippen molar-refractivity contribution in [2.24, 2.45) is 17.1 Å². The average Bonchev–Trinajstić information content (AvgIpc) is 3.16. The lowest BCUT2D eigenvalue weighted by atomic mass is 9.75. The molecule has 114 valence electrons. The van der Waals surface area contributed by atoms with Crippen molar-refractivity contribution < 1.29 is 14.0 Å². The Kier molecular flexibility index (Phi) is 3.47. The molecular formula is C15H21N3O3. The van der Waals surface area contributed by atoms with E-state index in [0.717, 1.165) is 19.3 Å². The fourth-order valence-corrected chi connectivity index (χ4v) is 3.30. The molecule has 6 heteroatoms. The van der Waals surface area contributed by atoms with Gasteiger partial charge in [0.15, 0.2) is 6.39 Å². The lowest BCUT2D eigenvalue weighted by Crippen LogP contribution is -2.52. The molecule has 2 amide bonds. The Labute approximate surface area is 123 Å². The zero-order valence-corrected chi connectivity index (χ0v) is 12.3. The van der Waals surface area contributed by atoms with Gasteiger partial charge in [-0.3, -0.25) is 9.59 Å². The maximum atomic E-state index is 12.5. The predicted octanol–water partition coefficient (Wildman–Crippen LogP) is 1.49. The number of aromatic nitrogens is 1. The van der Waals surface area contributed by atoms with Crippen LogP contribution in [0.3, 0.4) is 0 Å². The van der Waals surface area contributed by atoms with E-state index in [1.165, 1.54) is 19.2 Å². The van der Waals surface area contributed by atoms with Crippen molar-refractivity contribution >= 4 is 11.8 Å². The number of likely N-dealkylation sites (tertiary alicyclic amines) is 1. The number of oxazole rings is 1. The molecule has 2 N–H and O–H groups in total. The normalized spacial score (nSPS) is 25.9. The van der Waals surface area contributed by atoms with Crippen molar-refractivity contribution in [3.8, 4) is 0 Å². The van der Waals surface area contributed by atoms with Gasteiger partial charge in [0.25, 0.3) is 5.91 Å². The van der Waals surface area contributed by atoms with Gasteiger partial charge in [-0.25, -0.2) is 4.98 Å². The summed E-state index contributed by atoms with van der Waals surface area (Å²) in [5.41, 5.74) is 5.69. The molecule has 0 bridgehead atoms. The average molecular weight is 291 g/mol. The second kappa shape index (κ2) is 5.16. The molecule has 1 saturated heterocycles. The summed E-state index contributed by atoms with van der Waals surface area (Å²) >= 11 is 0. The van der Waals surface area contributed by atoms with E-state index >= 15 is 0 Å². The standard InChI is InChI=1S/C15H21N3O3/c1-10-12(21-9-17-10)13(19)18-6-2-5-15(8-18,14(16)20)7-11-3-4-11/h9,11H,2-8H2,1H3,(H2,16,20). The Morgan fingerprint density at radius 2 is 2.29 bits per heavy atom. The van der Waals surface area contributed by atoms with Gasteiger partial charge >= 0.3 is 0 Å². The number of aryl methyl sites for hydroxylation is 1. The zero-order valence-electron chi connectivity index (χ0n) is 12.3. The topological polar surface area (TPSA) is 89.4 Å². The summed E-state index contributed by atoms with van der Waals surface area (Å²) in [6.07, 6.45) is 6.00. The van der Waals surface area contributed by atoms with Crippen molar-refractivity contribution in [2.45, 2.75) is 39.0 Å². The second-order valence-corrected chi connectivity index (χ2v) is 6.39. The summed E-state index contributed by atoms with van der Waals surface area (Å²) in [6.45, 7) is 2.78. The van der Waals surface area contributed by atoms with Crippen LogP contribution in [0.5, 0.6) is 0 Å². The fraction of sp³-hybridized carbons (Fsp3) is 0.667. The van der Waals surface area contributed by atoms with Gasteiger partial charge in [-0.1, -0.05) is 12.8 Å². The quantitative estimate of drug-likeness (QED) is 0.910. The van der Waals surface area contributed by atoms with Crippen LogP contribution >= 0.6 is 0 Å². The number of rotatable bonds is 4. The van der Waals surface area contributed by atoms with Crippen molar-refractivity contribution in [3.63, 3.8) is 0 Å². The number of nitrogens with zero attached hydrogens (tertiary/aromatic N) is 2. The van der Waals surface area contributed by atoms with Crippen LogP contribution in [0.1, 0.15) is 48.4 Å². The van der Waals surface area contributed by atoms with Crippen LogP contribution in [0.15, 0.2) is 10.8 Å². The highest BCUT2D eigenvalue weighted by atomic mass is 16.3. The molecular weight excluding hydrogens is 270 g/mol. The largest absolute Gasteiger partial charge is 0.438 e. The van der Waals surface area contributed by atoms with Gasteiger partial charge in [-0.05, 0) is 32.1 Å². The highest BCUT2D eigenvalue weighted by Gasteiger charge is 2.45. The van der Waals surface area contributed by atoms with Gasteiger partial charge in [-0.15, -0.1) is 0 Å². The van der Waals surface area contributed by atoms with E-state index in [1.807, 2.05) is 0 Å². The molecule has 0 aromatic carbocycles.